The number of hydrogen-bond donors (Lipinski definition) is 0. The van der Waals surface area contributed by atoms with Gasteiger partial charge in [0.25, 0.3) is 10.0 Å². The number of rotatable bonds is 3. The summed E-state index contributed by atoms with van der Waals surface area (Å²) in [6.07, 6.45) is 2.10. The first kappa shape index (κ1) is 17.3. The SMILES string of the molecule is O=S(=O)(/N=C\c1cc2cccc(Cl)c2s1)c1ccc2c(c1)OCCCO2. The Balaban J connectivity index is 1.65. The molecule has 2 aromatic carbocycles. The minimum absolute atomic E-state index is 0.0668. The highest BCUT2D eigenvalue weighted by molar-refractivity contribution is 7.90. The number of nitrogens with zero attached hydrogens (tertiary/aromatic N) is 1. The number of halogens is 1. The second-order valence-electron chi connectivity index (χ2n) is 5.68. The van der Waals surface area contributed by atoms with Crippen LogP contribution in [0.15, 0.2) is 51.8 Å². The van der Waals surface area contributed by atoms with Gasteiger partial charge in [0, 0.05) is 17.4 Å². The maximum Gasteiger partial charge on any atom is 0.282 e. The zero-order valence-electron chi connectivity index (χ0n) is 13.5. The monoisotopic (exact) mass is 407 g/mol. The molecule has 0 spiro atoms. The molecule has 0 bridgehead atoms. The van der Waals surface area contributed by atoms with Gasteiger partial charge < -0.3 is 9.47 Å². The van der Waals surface area contributed by atoms with Crippen molar-refractivity contribution in [2.75, 3.05) is 13.2 Å². The first-order chi connectivity index (χ1) is 12.5. The summed E-state index contributed by atoms with van der Waals surface area (Å²) in [5.41, 5.74) is 0. The van der Waals surface area contributed by atoms with Crippen LogP contribution in [-0.4, -0.2) is 27.8 Å². The van der Waals surface area contributed by atoms with Crippen LogP contribution in [-0.2, 0) is 10.0 Å². The number of thiophene rings is 1. The number of ether oxygens (including phenoxy) is 2. The lowest BCUT2D eigenvalue weighted by Crippen LogP contribution is -1.99. The zero-order chi connectivity index (χ0) is 18.1. The van der Waals surface area contributed by atoms with Crippen molar-refractivity contribution in [2.45, 2.75) is 11.3 Å². The maximum absolute atomic E-state index is 12.5. The molecule has 1 aliphatic heterocycles. The van der Waals surface area contributed by atoms with E-state index in [1.54, 1.807) is 12.1 Å². The van der Waals surface area contributed by atoms with Crippen LogP contribution in [0, 0.1) is 0 Å². The van der Waals surface area contributed by atoms with Crippen molar-refractivity contribution >= 4 is 49.3 Å². The first-order valence-electron chi connectivity index (χ1n) is 7.91. The van der Waals surface area contributed by atoms with Crippen molar-refractivity contribution in [1.29, 1.82) is 0 Å². The van der Waals surface area contributed by atoms with Gasteiger partial charge in [0.05, 0.1) is 34.0 Å². The molecule has 8 heteroatoms. The number of fused-ring (bicyclic) bond motifs is 2. The summed E-state index contributed by atoms with van der Waals surface area (Å²) in [4.78, 5) is 0.781. The van der Waals surface area contributed by atoms with Crippen molar-refractivity contribution < 1.29 is 17.9 Å². The molecule has 1 aromatic heterocycles. The van der Waals surface area contributed by atoms with Crippen LogP contribution >= 0.6 is 22.9 Å². The molecule has 0 aliphatic carbocycles. The van der Waals surface area contributed by atoms with Crippen LogP contribution in [0.5, 0.6) is 11.5 Å². The van der Waals surface area contributed by atoms with Crippen molar-refractivity contribution in [3.8, 4) is 11.5 Å². The molecule has 134 valence electrons. The van der Waals surface area contributed by atoms with E-state index in [0.717, 1.165) is 16.5 Å². The second kappa shape index (κ2) is 6.90. The van der Waals surface area contributed by atoms with Gasteiger partial charge >= 0.3 is 0 Å². The molecule has 0 saturated heterocycles. The van der Waals surface area contributed by atoms with E-state index in [4.69, 9.17) is 21.1 Å². The van der Waals surface area contributed by atoms with Crippen molar-refractivity contribution in [3.63, 3.8) is 0 Å². The van der Waals surface area contributed by atoms with E-state index >= 15 is 0 Å². The standard InChI is InChI=1S/C18H14ClNO4S2/c19-15-4-1-3-12-9-13(25-18(12)15)11-20-26(21,22)14-5-6-16-17(10-14)24-8-2-7-23-16/h1,3-6,9-11H,2,7-8H2/b20-11-. The molecule has 26 heavy (non-hydrogen) atoms. The van der Waals surface area contributed by atoms with Gasteiger partial charge in [-0.1, -0.05) is 23.7 Å². The van der Waals surface area contributed by atoms with E-state index < -0.39 is 10.0 Å². The zero-order valence-corrected chi connectivity index (χ0v) is 15.9. The highest BCUT2D eigenvalue weighted by Gasteiger charge is 2.18. The molecule has 1 aliphatic rings. The van der Waals surface area contributed by atoms with E-state index in [-0.39, 0.29) is 4.90 Å². The topological polar surface area (TPSA) is 65.0 Å². The molecule has 3 aromatic rings. The van der Waals surface area contributed by atoms with Gasteiger partial charge in [-0.05, 0) is 29.7 Å². The molecular weight excluding hydrogens is 394 g/mol. The number of benzene rings is 2. The Kier molecular flexibility index (Phi) is 4.60. The summed E-state index contributed by atoms with van der Waals surface area (Å²) in [6.45, 7) is 1.04. The number of sulfonamides is 1. The van der Waals surface area contributed by atoms with Crippen LogP contribution in [0.25, 0.3) is 10.1 Å². The van der Waals surface area contributed by atoms with Gasteiger partial charge in [-0.3, -0.25) is 0 Å². The lowest BCUT2D eigenvalue weighted by Gasteiger charge is -2.08. The van der Waals surface area contributed by atoms with Crippen LogP contribution in [0.4, 0.5) is 0 Å². The normalized spacial score (nSPS) is 14.7. The molecule has 0 saturated carbocycles. The fourth-order valence-electron chi connectivity index (χ4n) is 2.60. The Hall–Kier alpha value is -2.09. The fraction of sp³-hybridized carbons (Fsp3) is 0.167. The lowest BCUT2D eigenvalue weighted by atomic mass is 10.2. The van der Waals surface area contributed by atoms with Crippen LogP contribution in [0.3, 0.4) is 0 Å². The maximum atomic E-state index is 12.5. The predicted molar refractivity (Wildman–Crippen MR) is 104 cm³/mol. The Bertz CT molecular complexity index is 1110. The second-order valence-corrected chi connectivity index (χ2v) is 8.80. The van der Waals surface area contributed by atoms with Crippen LogP contribution in [0.2, 0.25) is 5.02 Å². The summed E-state index contributed by atoms with van der Waals surface area (Å²) < 4.78 is 40.9. The molecule has 0 fully saturated rings. The number of hydrogen-bond acceptors (Lipinski definition) is 5. The van der Waals surface area contributed by atoms with E-state index in [1.807, 2.05) is 18.2 Å². The van der Waals surface area contributed by atoms with E-state index in [0.29, 0.717) is 34.6 Å². The van der Waals surface area contributed by atoms with Crippen molar-refractivity contribution in [2.24, 2.45) is 4.40 Å². The molecular formula is C18H14ClNO4S2. The first-order valence-corrected chi connectivity index (χ1v) is 10.5. The van der Waals surface area contributed by atoms with Crippen LogP contribution in [0.1, 0.15) is 11.3 Å². The third-order valence-electron chi connectivity index (χ3n) is 3.85. The van der Waals surface area contributed by atoms with Crippen molar-refractivity contribution in [3.05, 3.63) is 52.4 Å². The van der Waals surface area contributed by atoms with E-state index in [9.17, 15) is 8.42 Å². The van der Waals surface area contributed by atoms with Gasteiger partial charge in [-0.2, -0.15) is 12.8 Å². The highest BCUT2D eigenvalue weighted by Crippen LogP contribution is 2.33. The highest BCUT2D eigenvalue weighted by atomic mass is 35.5. The summed E-state index contributed by atoms with van der Waals surface area (Å²) in [5, 5.41) is 1.59. The average molecular weight is 408 g/mol. The fourth-order valence-corrected chi connectivity index (χ4v) is 4.77. The summed E-state index contributed by atoms with van der Waals surface area (Å²) in [5.74, 6) is 0.969. The Labute approximate surface area is 159 Å². The van der Waals surface area contributed by atoms with Crippen LogP contribution < -0.4 is 9.47 Å². The quantitative estimate of drug-likeness (QED) is 0.598. The molecule has 0 radical (unpaired) electrons. The van der Waals surface area contributed by atoms with E-state index in [2.05, 4.69) is 4.40 Å². The van der Waals surface area contributed by atoms with Gasteiger partial charge in [0.15, 0.2) is 11.5 Å². The predicted octanol–water partition coefficient (Wildman–Crippen LogP) is 4.52. The third-order valence-corrected chi connectivity index (χ3v) is 6.63. The van der Waals surface area contributed by atoms with E-state index in [1.165, 1.54) is 29.7 Å². The Morgan fingerprint density at radius 2 is 1.88 bits per heavy atom. The molecule has 5 nitrogen and oxygen atoms in total. The van der Waals surface area contributed by atoms with Gasteiger partial charge in [0.1, 0.15) is 0 Å². The lowest BCUT2D eigenvalue weighted by molar-refractivity contribution is 0.297. The minimum Gasteiger partial charge on any atom is -0.490 e. The molecule has 2 heterocycles. The summed E-state index contributed by atoms with van der Waals surface area (Å²) in [7, 11) is -3.84. The van der Waals surface area contributed by atoms with Gasteiger partial charge in [0.2, 0.25) is 0 Å². The third kappa shape index (κ3) is 3.42. The molecule has 0 N–H and O–H groups in total. The smallest absolute Gasteiger partial charge is 0.282 e. The van der Waals surface area contributed by atoms with Gasteiger partial charge in [-0.15, -0.1) is 11.3 Å². The summed E-state index contributed by atoms with van der Waals surface area (Å²) in [6, 6.07) is 12.0. The molecule has 0 atom stereocenters. The molecule has 0 unspecified atom stereocenters. The minimum atomic E-state index is -3.84. The van der Waals surface area contributed by atoms with Crippen molar-refractivity contribution in [1.82, 2.24) is 0 Å². The Morgan fingerprint density at radius 1 is 1.08 bits per heavy atom. The van der Waals surface area contributed by atoms with Gasteiger partial charge in [-0.25, -0.2) is 0 Å². The molecule has 0 amide bonds. The summed E-state index contributed by atoms with van der Waals surface area (Å²) >= 11 is 7.55. The largest absolute Gasteiger partial charge is 0.490 e. The Morgan fingerprint density at radius 3 is 2.69 bits per heavy atom. The average Bonchev–Trinajstić information content (AvgIpc) is 2.91. The molecule has 4 rings (SSSR count).